The van der Waals surface area contributed by atoms with Gasteiger partial charge in [-0.15, -0.1) is 0 Å². The van der Waals surface area contributed by atoms with Crippen LogP contribution in [0.3, 0.4) is 0 Å². The molecule has 1 saturated heterocycles. The van der Waals surface area contributed by atoms with Crippen molar-refractivity contribution < 1.29 is 33.6 Å². The molecule has 228 valence electrons. The molecular formula is C33H39N3O7. The van der Waals surface area contributed by atoms with Gasteiger partial charge in [0.25, 0.3) is 5.91 Å². The Morgan fingerprint density at radius 2 is 1.67 bits per heavy atom. The first-order valence-electron chi connectivity index (χ1n) is 14.4. The lowest BCUT2D eigenvalue weighted by Crippen LogP contribution is -2.52. The van der Waals surface area contributed by atoms with Gasteiger partial charge in [0.05, 0.1) is 30.3 Å². The number of amides is 1. The fourth-order valence-electron chi connectivity index (χ4n) is 5.77. The van der Waals surface area contributed by atoms with Crippen LogP contribution >= 0.6 is 0 Å². The average molecular weight is 590 g/mol. The van der Waals surface area contributed by atoms with Crippen LogP contribution in [0.1, 0.15) is 43.9 Å². The minimum atomic E-state index is -0.932. The molecule has 2 N–H and O–H groups in total. The number of anilines is 1. The summed E-state index contributed by atoms with van der Waals surface area (Å²) in [4.78, 5) is 29.0. The Hall–Kier alpha value is -4.28. The lowest BCUT2D eigenvalue weighted by Gasteiger charge is -2.38. The van der Waals surface area contributed by atoms with Gasteiger partial charge >= 0.3 is 5.97 Å². The summed E-state index contributed by atoms with van der Waals surface area (Å²) in [5.74, 6) is -0.433. The van der Waals surface area contributed by atoms with Gasteiger partial charge in [-0.25, -0.2) is 5.01 Å². The van der Waals surface area contributed by atoms with Crippen molar-refractivity contribution >= 4 is 17.6 Å². The number of carbonyl (C=O) groups is 2. The number of hydrogen-bond donors (Lipinski definition) is 2. The van der Waals surface area contributed by atoms with E-state index in [0.717, 1.165) is 16.8 Å². The Morgan fingerprint density at radius 1 is 0.977 bits per heavy atom. The number of nitrogens with zero attached hydrogens (tertiary/aromatic N) is 2. The number of benzene rings is 3. The summed E-state index contributed by atoms with van der Waals surface area (Å²) in [6, 6.07) is 21.9. The van der Waals surface area contributed by atoms with Crippen LogP contribution in [0.5, 0.6) is 17.2 Å². The zero-order chi connectivity index (χ0) is 30.6. The van der Waals surface area contributed by atoms with Gasteiger partial charge in [-0.2, -0.15) is 0 Å². The molecule has 2 aliphatic rings. The highest BCUT2D eigenvalue weighted by Crippen LogP contribution is 2.48. The summed E-state index contributed by atoms with van der Waals surface area (Å²) in [5.41, 5.74) is 5.12. The first-order valence-corrected chi connectivity index (χ1v) is 14.4. The number of fused-ring (bicyclic) bond motifs is 1. The first-order chi connectivity index (χ1) is 20.7. The summed E-state index contributed by atoms with van der Waals surface area (Å²) in [5, 5.41) is 12.2. The summed E-state index contributed by atoms with van der Waals surface area (Å²) in [7, 11) is 1.61. The molecule has 0 saturated carbocycles. The number of nitrogens with one attached hydrogen (secondary N) is 1. The number of ether oxygens (including phenoxy) is 4. The molecule has 43 heavy (non-hydrogen) atoms. The van der Waals surface area contributed by atoms with Crippen LogP contribution < -0.4 is 19.6 Å². The van der Waals surface area contributed by atoms with Crippen LogP contribution in [0.4, 0.5) is 5.69 Å². The number of para-hydroxylation sites is 1. The van der Waals surface area contributed by atoms with Crippen molar-refractivity contribution in [3.8, 4) is 17.2 Å². The van der Waals surface area contributed by atoms with Crippen LogP contribution in [0.25, 0.3) is 0 Å². The normalized spacial score (nSPS) is 19.7. The number of carboxylic acids is 1. The first kappa shape index (κ1) is 30.2. The molecule has 2 heterocycles. The molecule has 0 spiro atoms. The monoisotopic (exact) mass is 589 g/mol. The highest BCUT2D eigenvalue weighted by atomic mass is 16.7. The van der Waals surface area contributed by atoms with Gasteiger partial charge < -0.3 is 24.1 Å². The van der Waals surface area contributed by atoms with Crippen LogP contribution in [-0.4, -0.2) is 72.6 Å². The molecule has 0 aliphatic carbocycles. The molecule has 1 amide bonds. The van der Waals surface area contributed by atoms with Crippen LogP contribution in [0.15, 0.2) is 72.8 Å². The molecule has 1 fully saturated rings. The number of hydrogen-bond acceptors (Lipinski definition) is 8. The highest BCUT2D eigenvalue weighted by Gasteiger charge is 2.48. The number of rotatable bonds is 11. The maximum Gasteiger partial charge on any atom is 0.309 e. The van der Waals surface area contributed by atoms with Crippen molar-refractivity contribution in [3.63, 3.8) is 0 Å². The fraction of sp³-hybridized carbons (Fsp3) is 0.394. The molecule has 0 unspecified atom stereocenters. The smallest absolute Gasteiger partial charge is 0.309 e. The van der Waals surface area contributed by atoms with Crippen molar-refractivity contribution in [3.05, 3.63) is 83.9 Å². The van der Waals surface area contributed by atoms with Gasteiger partial charge in [-0.1, -0.05) is 36.4 Å². The second-order valence-electron chi connectivity index (χ2n) is 11.7. The third kappa shape index (κ3) is 6.87. The molecule has 0 aromatic heterocycles. The summed E-state index contributed by atoms with van der Waals surface area (Å²) in [6.07, 6.45) is 0. The maximum atomic E-state index is 14.0. The molecule has 10 nitrogen and oxygen atoms in total. The van der Waals surface area contributed by atoms with E-state index in [-0.39, 0.29) is 19.2 Å². The third-order valence-electron chi connectivity index (χ3n) is 7.76. The predicted molar refractivity (Wildman–Crippen MR) is 161 cm³/mol. The minimum Gasteiger partial charge on any atom is -0.491 e. The van der Waals surface area contributed by atoms with E-state index < -0.39 is 29.4 Å². The molecule has 5 rings (SSSR count). The molecule has 10 heteroatoms. The number of methoxy groups -OCH3 is 1. The second kappa shape index (κ2) is 12.9. The number of hydrazine groups is 1. The summed E-state index contributed by atoms with van der Waals surface area (Å²) < 4.78 is 21.9. The van der Waals surface area contributed by atoms with Crippen molar-refractivity contribution in [2.24, 2.45) is 5.92 Å². The number of likely N-dealkylation sites (tertiary alicyclic amines) is 1. The van der Waals surface area contributed by atoms with E-state index in [9.17, 15) is 14.7 Å². The van der Waals surface area contributed by atoms with Crippen LogP contribution in [0, 0.1) is 5.92 Å². The largest absolute Gasteiger partial charge is 0.491 e. The van der Waals surface area contributed by atoms with Crippen molar-refractivity contribution in [1.82, 2.24) is 9.91 Å². The van der Waals surface area contributed by atoms with Gasteiger partial charge in [-0.3, -0.25) is 19.9 Å². The van der Waals surface area contributed by atoms with E-state index >= 15 is 0 Å². The molecule has 0 bridgehead atoms. The number of carboxylic acid groups (broad SMARTS) is 1. The predicted octanol–water partition coefficient (Wildman–Crippen LogP) is 4.94. The Balaban J connectivity index is 1.48. The standard InChI is InChI=1S/C33H39N3O7/c1-33(2,3)36(34-24-8-6-5-7-9-24)29(37)20-35-19-26(23-12-15-27-28(18-23)43-21-42-27)30(32(38)39)31(35)22-10-13-25(14-11-22)41-17-16-40-4/h5-15,18,26,30-31,34H,16-17,19-21H2,1-4H3,(H,38,39)/t26-,30+,31-/m1/s1. The molecular weight excluding hydrogens is 550 g/mol. The van der Waals surface area contributed by atoms with Crippen molar-refractivity contribution in [1.29, 1.82) is 0 Å². The van der Waals surface area contributed by atoms with E-state index in [1.54, 1.807) is 12.1 Å². The Morgan fingerprint density at radius 3 is 2.35 bits per heavy atom. The topological polar surface area (TPSA) is 110 Å². The molecule has 3 atom stereocenters. The zero-order valence-corrected chi connectivity index (χ0v) is 25.0. The maximum absolute atomic E-state index is 14.0. The highest BCUT2D eigenvalue weighted by molar-refractivity contribution is 5.81. The van der Waals surface area contributed by atoms with Gasteiger partial charge in [0.2, 0.25) is 6.79 Å². The summed E-state index contributed by atoms with van der Waals surface area (Å²) in [6.45, 7) is 7.24. The number of carbonyl (C=O) groups excluding carboxylic acids is 1. The Bertz CT molecular complexity index is 1410. The Labute approximate surface area is 252 Å². The van der Waals surface area contributed by atoms with Crippen molar-refractivity contribution in [2.45, 2.75) is 38.3 Å². The zero-order valence-electron chi connectivity index (χ0n) is 25.0. The van der Waals surface area contributed by atoms with E-state index in [2.05, 4.69) is 5.43 Å². The Kier molecular flexibility index (Phi) is 9.08. The van der Waals surface area contributed by atoms with Crippen LogP contribution in [-0.2, 0) is 14.3 Å². The SMILES string of the molecule is COCCOc1ccc([C@@H]2[C@@H](C(=O)O)[C@@H](c3ccc4c(c3)OCO4)CN2CC(=O)N(Nc2ccccc2)C(C)(C)C)cc1. The average Bonchev–Trinajstić information content (AvgIpc) is 3.61. The van der Waals surface area contributed by atoms with Gasteiger partial charge in [0, 0.05) is 25.6 Å². The van der Waals surface area contributed by atoms with Crippen molar-refractivity contribution in [2.75, 3.05) is 45.6 Å². The van der Waals surface area contributed by atoms with Crippen LogP contribution in [0.2, 0.25) is 0 Å². The molecule has 3 aromatic rings. The van der Waals surface area contributed by atoms with Gasteiger partial charge in [-0.05, 0) is 68.3 Å². The lowest BCUT2D eigenvalue weighted by atomic mass is 9.82. The number of aliphatic carboxylic acids is 1. The van der Waals surface area contributed by atoms with Gasteiger partial charge in [0.15, 0.2) is 11.5 Å². The van der Waals surface area contributed by atoms with E-state index in [1.807, 2.05) is 98.5 Å². The lowest BCUT2D eigenvalue weighted by molar-refractivity contribution is -0.144. The van der Waals surface area contributed by atoms with E-state index in [4.69, 9.17) is 18.9 Å². The molecule has 2 aliphatic heterocycles. The fourth-order valence-corrected chi connectivity index (χ4v) is 5.77. The molecule has 3 aromatic carbocycles. The quantitative estimate of drug-likeness (QED) is 0.238. The van der Waals surface area contributed by atoms with E-state index in [0.29, 0.717) is 37.0 Å². The van der Waals surface area contributed by atoms with Gasteiger partial charge in [0.1, 0.15) is 12.4 Å². The molecule has 0 radical (unpaired) electrons. The third-order valence-corrected chi connectivity index (χ3v) is 7.76. The minimum absolute atomic E-state index is 0.0126. The van der Waals surface area contributed by atoms with E-state index in [1.165, 1.54) is 0 Å². The summed E-state index contributed by atoms with van der Waals surface area (Å²) >= 11 is 0. The second-order valence-corrected chi connectivity index (χ2v) is 11.7.